The minimum absolute atomic E-state index is 0.000464. The zero-order valence-corrected chi connectivity index (χ0v) is 21.3. The molecule has 208 valence electrons. The number of para-hydroxylation sites is 1. The van der Waals surface area contributed by atoms with Crippen LogP contribution >= 0.6 is 11.6 Å². The van der Waals surface area contributed by atoms with E-state index >= 15 is 0 Å². The van der Waals surface area contributed by atoms with E-state index < -0.39 is 24.0 Å². The van der Waals surface area contributed by atoms with Crippen molar-refractivity contribution in [1.29, 1.82) is 0 Å². The lowest BCUT2D eigenvalue weighted by Gasteiger charge is -2.38. The van der Waals surface area contributed by atoms with Gasteiger partial charge in [0, 0.05) is 36.9 Å². The van der Waals surface area contributed by atoms with Gasteiger partial charge in [0.1, 0.15) is 12.7 Å². The van der Waals surface area contributed by atoms with Crippen LogP contribution in [0.5, 0.6) is 0 Å². The molecule has 0 radical (unpaired) electrons. The Bertz CT molecular complexity index is 1260. The van der Waals surface area contributed by atoms with Crippen LogP contribution in [-0.2, 0) is 27.3 Å². The van der Waals surface area contributed by atoms with Crippen LogP contribution in [0.15, 0.2) is 61.2 Å². The number of hydrogen-bond acceptors (Lipinski definition) is 7. The first-order chi connectivity index (χ1) is 18.5. The Morgan fingerprint density at radius 3 is 2.21 bits per heavy atom. The monoisotopic (exact) mass is 566 g/mol. The number of benzene rings is 2. The Morgan fingerprint density at radius 2 is 1.67 bits per heavy atom. The average molecular weight is 567 g/mol. The molecule has 4 rings (SSSR count). The molecule has 3 aromatic rings. The highest BCUT2D eigenvalue weighted by molar-refractivity contribution is 6.35. The van der Waals surface area contributed by atoms with Gasteiger partial charge < -0.3 is 20.6 Å². The van der Waals surface area contributed by atoms with Crippen LogP contribution < -0.4 is 10.6 Å². The molecule has 1 aliphatic heterocycles. The topological polar surface area (TPSA) is 135 Å². The maximum absolute atomic E-state index is 12.8. The number of hydrogen-bond donors (Lipinski definition) is 2. The summed E-state index contributed by atoms with van der Waals surface area (Å²) in [6.07, 6.45) is -1.49. The van der Waals surface area contributed by atoms with E-state index in [1.807, 2.05) is 46.0 Å². The summed E-state index contributed by atoms with van der Waals surface area (Å²) in [4.78, 5) is 39.8. The lowest BCUT2D eigenvalue weighted by molar-refractivity contribution is -0.180. The third kappa shape index (κ3) is 8.52. The molecule has 1 fully saturated rings. The zero-order valence-electron chi connectivity index (χ0n) is 20.6. The zero-order chi connectivity index (χ0) is 28.6. The molecule has 1 amide bonds. The van der Waals surface area contributed by atoms with Gasteiger partial charge in [0.05, 0.1) is 12.6 Å². The maximum Gasteiger partial charge on any atom is 0.461 e. The number of amides is 1. The number of carboxylic acids is 1. The van der Waals surface area contributed by atoms with Gasteiger partial charge in [0.15, 0.2) is 0 Å². The van der Waals surface area contributed by atoms with Gasteiger partial charge in [-0.15, -0.1) is 0 Å². The molecule has 1 aliphatic rings. The van der Waals surface area contributed by atoms with Crippen molar-refractivity contribution in [2.24, 2.45) is 5.73 Å². The molecule has 0 spiro atoms. The van der Waals surface area contributed by atoms with Crippen LogP contribution in [0.4, 0.5) is 18.9 Å². The second-order valence-electron chi connectivity index (χ2n) is 8.60. The number of carbonyl (C=O) groups excluding carboxylic acids is 2. The normalized spacial score (nSPS) is 14.3. The number of aromatic nitrogens is 3. The van der Waals surface area contributed by atoms with Gasteiger partial charge in [0.2, 0.25) is 5.91 Å². The molecule has 14 heteroatoms. The smallest absolute Gasteiger partial charge is 0.461 e. The third-order valence-corrected chi connectivity index (χ3v) is 6.11. The number of halogens is 4. The highest BCUT2D eigenvalue weighted by atomic mass is 35.5. The van der Waals surface area contributed by atoms with Crippen LogP contribution in [0, 0.1) is 0 Å². The summed E-state index contributed by atoms with van der Waals surface area (Å²) < 4.78 is 34.7. The van der Waals surface area contributed by atoms with E-state index in [4.69, 9.17) is 22.4 Å². The van der Waals surface area contributed by atoms with Crippen molar-refractivity contribution in [3.8, 4) is 0 Å². The number of nitrogens with zero attached hydrogens (tertiary/aromatic N) is 5. The summed E-state index contributed by atoms with van der Waals surface area (Å²) >= 11 is 5.93. The van der Waals surface area contributed by atoms with E-state index in [-0.39, 0.29) is 5.91 Å². The van der Waals surface area contributed by atoms with Crippen molar-refractivity contribution in [1.82, 2.24) is 19.7 Å². The molecule has 3 N–H and O–H groups in total. The van der Waals surface area contributed by atoms with E-state index in [0.717, 1.165) is 18.7 Å². The number of rotatable bonds is 7. The van der Waals surface area contributed by atoms with Gasteiger partial charge >= 0.3 is 17.9 Å². The Hall–Kier alpha value is -3.97. The lowest BCUT2D eigenvalue weighted by atomic mass is 10.0. The minimum atomic E-state index is -5.26. The fraction of sp³-hybridized carbons (Fsp3) is 0.320. The SMILES string of the molecule is NC(Cc1ccc(Cl)cc1)C(=O)N1CCN(c2ccccc2Cn2cncn2)CC1.O=C(O)C(=O)C(F)(F)F. The van der Waals surface area contributed by atoms with Crippen molar-refractivity contribution in [2.75, 3.05) is 31.1 Å². The lowest BCUT2D eigenvalue weighted by Crippen LogP contribution is -2.53. The number of carboxylic acid groups (broad SMARTS) is 1. The van der Waals surface area contributed by atoms with E-state index in [1.54, 1.807) is 12.7 Å². The molecule has 1 saturated heterocycles. The Kier molecular flexibility index (Phi) is 10.0. The standard InChI is InChI=1S/C22H25ClN6O.C3HF3O3/c23-19-7-5-17(6-8-19)13-20(24)22(30)28-11-9-27(10-12-28)21-4-2-1-3-18(21)14-29-16-25-15-26-29;4-3(5,6)1(7)2(8)9/h1-8,15-16,20H,9-14,24H2;(H,8,9). The highest BCUT2D eigenvalue weighted by Gasteiger charge is 2.43. The third-order valence-electron chi connectivity index (χ3n) is 5.86. The molecule has 0 aliphatic carbocycles. The van der Waals surface area contributed by atoms with Gasteiger partial charge in [-0.1, -0.05) is 41.9 Å². The number of anilines is 1. The second-order valence-corrected chi connectivity index (χ2v) is 9.04. The Morgan fingerprint density at radius 1 is 1.03 bits per heavy atom. The second kappa shape index (κ2) is 13.2. The van der Waals surface area contributed by atoms with Crippen LogP contribution in [0.3, 0.4) is 0 Å². The molecule has 10 nitrogen and oxygen atoms in total. The summed E-state index contributed by atoms with van der Waals surface area (Å²) in [6.45, 7) is 3.53. The van der Waals surface area contributed by atoms with Crippen molar-refractivity contribution in [3.05, 3.63) is 77.3 Å². The van der Waals surface area contributed by atoms with Gasteiger partial charge in [0.25, 0.3) is 0 Å². The number of nitrogens with two attached hydrogens (primary N) is 1. The fourth-order valence-electron chi connectivity index (χ4n) is 3.93. The van der Waals surface area contributed by atoms with Crippen LogP contribution in [0.1, 0.15) is 11.1 Å². The Labute approximate surface area is 226 Å². The number of aliphatic carboxylic acids is 1. The predicted molar refractivity (Wildman–Crippen MR) is 136 cm³/mol. The molecule has 1 unspecified atom stereocenters. The molecule has 1 aromatic heterocycles. The number of piperazine rings is 1. The number of alkyl halides is 3. The molecule has 2 heterocycles. The van der Waals surface area contributed by atoms with Crippen molar-refractivity contribution < 1.29 is 32.7 Å². The van der Waals surface area contributed by atoms with Crippen molar-refractivity contribution in [3.63, 3.8) is 0 Å². The molecular weight excluding hydrogens is 541 g/mol. The predicted octanol–water partition coefficient (Wildman–Crippen LogP) is 2.40. The minimum Gasteiger partial charge on any atom is -0.475 e. The molecule has 1 atom stereocenters. The molecule has 39 heavy (non-hydrogen) atoms. The first kappa shape index (κ1) is 29.6. The Balaban J connectivity index is 0.000000403. The van der Waals surface area contributed by atoms with Crippen LogP contribution in [-0.4, -0.2) is 80.8 Å². The summed E-state index contributed by atoms with van der Waals surface area (Å²) in [5, 5.41) is 12.3. The maximum atomic E-state index is 12.8. The molecule has 0 saturated carbocycles. The van der Waals surface area contributed by atoms with Crippen molar-refractivity contribution in [2.45, 2.75) is 25.2 Å². The van der Waals surface area contributed by atoms with E-state index in [9.17, 15) is 27.6 Å². The largest absolute Gasteiger partial charge is 0.475 e. The first-order valence-electron chi connectivity index (χ1n) is 11.7. The molecule has 2 aromatic carbocycles. The van der Waals surface area contributed by atoms with E-state index in [2.05, 4.69) is 27.1 Å². The van der Waals surface area contributed by atoms with Crippen LogP contribution in [0.25, 0.3) is 0 Å². The van der Waals surface area contributed by atoms with Gasteiger partial charge in [-0.05, 0) is 35.7 Å². The fourth-order valence-corrected chi connectivity index (χ4v) is 4.05. The highest BCUT2D eigenvalue weighted by Crippen LogP contribution is 2.23. The summed E-state index contributed by atoms with van der Waals surface area (Å²) in [6, 6.07) is 15.2. The van der Waals surface area contributed by atoms with Gasteiger partial charge in [-0.2, -0.15) is 18.3 Å². The average Bonchev–Trinajstić information content (AvgIpc) is 3.42. The quantitative estimate of drug-likeness (QED) is 0.416. The first-order valence-corrected chi connectivity index (χ1v) is 12.1. The van der Waals surface area contributed by atoms with Crippen LogP contribution in [0.2, 0.25) is 5.02 Å². The molecular formula is C25H26ClF3N6O4. The van der Waals surface area contributed by atoms with Gasteiger partial charge in [-0.3, -0.25) is 9.59 Å². The van der Waals surface area contributed by atoms with E-state index in [1.165, 1.54) is 11.3 Å². The summed E-state index contributed by atoms with van der Waals surface area (Å²) in [5.74, 6) is -5.23. The van der Waals surface area contributed by atoms with Crippen molar-refractivity contribution >= 4 is 34.9 Å². The summed E-state index contributed by atoms with van der Waals surface area (Å²) in [5.41, 5.74) is 9.58. The number of carbonyl (C=O) groups is 3. The molecule has 0 bridgehead atoms. The number of Topliss-reactive ketones (excluding diaryl/α,β-unsaturated/α-hetero) is 1. The summed E-state index contributed by atoms with van der Waals surface area (Å²) in [7, 11) is 0. The van der Waals surface area contributed by atoms with E-state index in [0.29, 0.717) is 31.1 Å². The number of ketones is 1. The van der Waals surface area contributed by atoms with Gasteiger partial charge in [-0.25, -0.2) is 14.5 Å².